The molecular formula is C18H25ClFN3O6. The van der Waals surface area contributed by atoms with Crippen LogP contribution in [0.1, 0.15) is 33.9 Å². The minimum Gasteiger partial charge on any atom is -0.462 e. The third-order valence-electron chi connectivity index (χ3n) is 4.43. The molecule has 9 nitrogen and oxygen atoms in total. The largest absolute Gasteiger partial charge is 0.462 e. The molecule has 0 saturated carbocycles. The second kappa shape index (κ2) is 9.08. The van der Waals surface area contributed by atoms with Gasteiger partial charge in [-0.3, -0.25) is 14.2 Å². The van der Waals surface area contributed by atoms with Crippen LogP contribution in [0.5, 0.6) is 0 Å². The number of nitrogen functional groups attached to an aromatic ring is 1. The van der Waals surface area contributed by atoms with Crippen molar-refractivity contribution >= 4 is 29.4 Å². The van der Waals surface area contributed by atoms with Crippen LogP contribution in [-0.4, -0.2) is 51.9 Å². The fourth-order valence-electron chi connectivity index (χ4n) is 2.70. The van der Waals surface area contributed by atoms with Gasteiger partial charge in [0, 0.05) is 6.20 Å². The van der Waals surface area contributed by atoms with Gasteiger partial charge in [0.2, 0.25) is 0 Å². The van der Waals surface area contributed by atoms with Crippen molar-refractivity contribution in [1.29, 1.82) is 0 Å². The summed E-state index contributed by atoms with van der Waals surface area (Å²) in [6.45, 7) is 5.96. The van der Waals surface area contributed by atoms with Crippen LogP contribution in [0.3, 0.4) is 0 Å². The van der Waals surface area contributed by atoms with Gasteiger partial charge in [0.15, 0.2) is 24.1 Å². The van der Waals surface area contributed by atoms with E-state index in [9.17, 15) is 14.4 Å². The van der Waals surface area contributed by atoms with E-state index < -0.39 is 60.2 Å². The van der Waals surface area contributed by atoms with Gasteiger partial charge in [-0.1, -0.05) is 27.7 Å². The lowest BCUT2D eigenvalue weighted by Crippen LogP contribution is -2.51. The van der Waals surface area contributed by atoms with Gasteiger partial charge in [-0.25, -0.2) is 9.18 Å². The number of rotatable bonds is 7. The second-order valence-electron chi connectivity index (χ2n) is 7.47. The summed E-state index contributed by atoms with van der Waals surface area (Å²) in [5.41, 5.74) is 2.93. The van der Waals surface area contributed by atoms with Crippen molar-refractivity contribution in [2.45, 2.75) is 51.8 Å². The number of aromatic nitrogens is 2. The summed E-state index contributed by atoms with van der Waals surface area (Å²) in [6, 6.07) is 1.30. The number of halogens is 2. The zero-order chi connectivity index (χ0) is 21.9. The third-order valence-corrected chi connectivity index (χ3v) is 4.88. The maximum atomic E-state index is 15.4. The van der Waals surface area contributed by atoms with Gasteiger partial charge in [0.25, 0.3) is 0 Å². The average molecular weight is 434 g/mol. The lowest BCUT2D eigenvalue weighted by molar-refractivity contribution is -0.177. The Labute approximate surface area is 172 Å². The summed E-state index contributed by atoms with van der Waals surface area (Å²) in [6.07, 6.45) is -3.77. The Morgan fingerprint density at radius 3 is 2.48 bits per heavy atom. The molecule has 1 aliphatic rings. The molecule has 0 aliphatic carbocycles. The fourth-order valence-corrected chi connectivity index (χ4v) is 2.99. The Morgan fingerprint density at radius 1 is 1.34 bits per heavy atom. The highest BCUT2D eigenvalue weighted by Crippen LogP contribution is 2.42. The lowest BCUT2D eigenvalue weighted by Gasteiger charge is -2.32. The summed E-state index contributed by atoms with van der Waals surface area (Å²) in [5, 5.41) is 0. The van der Waals surface area contributed by atoms with E-state index in [1.54, 1.807) is 27.7 Å². The van der Waals surface area contributed by atoms with E-state index in [2.05, 4.69) is 4.98 Å². The Hall–Kier alpha value is -2.20. The first-order valence-electron chi connectivity index (χ1n) is 9.12. The Kier molecular flexibility index (Phi) is 7.23. The van der Waals surface area contributed by atoms with E-state index in [1.165, 1.54) is 12.3 Å². The summed E-state index contributed by atoms with van der Waals surface area (Å²) >= 11 is 6.07. The van der Waals surface area contributed by atoms with Gasteiger partial charge in [0.1, 0.15) is 12.4 Å². The zero-order valence-corrected chi connectivity index (χ0v) is 17.4. The second-order valence-corrected chi connectivity index (χ2v) is 7.74. The number of alkyl halides is 2. The van der Waals surface area contributed by atoms with Crippen molar-refractivity contribution in [3.63, 3.8) is 0 Å². The summed E-state index contributed by atoms with van der Waals surface area (Å²) in [4.78, 5) is 39.8. The molecule has 29 heavy (non-hydrogen) atoms. The molecule has 1 aromatic rings. The van der Waals surface area contributed by atoms with Crippen LogP contribution in [0, 0.1) is 11.8 Å². The zero-order valence-electron chi connectivity index (χ0n) is 16.6. The molecule has 2 rings (SSSR count). The highest BCUT2D eigenvalue weighted by atomic mass is 35.5. The molecule has 0 amide bonds. The van der Waals surface area contributed by atoms with E-state index in [0.717, 1.165) is 4.57 Å². The first-order valence-corrected chi connectivity index (χ1v) is 9.65. The molecule has 1 fully saturated rings. The number of esters is 2. The molecule has 0 spiro atoms. The number of nitrogens with zero attached hydrogens (tertiary/aromatic N) is 2. The van der Waals surface area contributed by atoms with Crippen LogP contribution in [0.4, 0.5) is 10.2 Å². The normalized spacial score (nSPS) is 26.7. The van der Waals surface area contributed by atoms with Gasteiger partial charge in [-0.2, -0.15) is 4.98 Å². The molecule has 0 radical (unpaired) electrons. The van der Waals surface area contributed by atoms with Crippen LogP contribution >= 0.6 is 11.6 Å². The minimum absolute atomic E-state index is 0.0445. The van der Waals surface area contributed by atoms with Gasteiger partial charge >= 0.3 is 17.6 Å². The number of ether oxygens (including phenoxy) is 3. The quantitative estimate of drug-likeness (QED) is 0.506. The molecule has 162 valence electrons. The molecule has 2 heterocycles. The predicted octanol–water partition coefficient (Wildman–Crippen LogP) is 1.44. The summed E-state index contributed by atoms with van der Waals surface area (Å²) < 4.78 is 32.6. The van der Waals surface area contributed by atoms with Crippen LogP contribution in [0.2, 0.25) is 0 Å². The monoisotopic (exact) mass is 433 g/mol. The van der Waals surface area contributed by atoms with Crippen molar-refractivity contribution in [1.82, 2.24) is 9.55 Å². The fraction of sp³-hybridized carbons (Fsp3) is 0.667. The van der Waals surface area contributed by atoms with Crippen molar-refractivity contribution in [2.24, 2.45) is 11.8 Å². The lowest BCUT2D eigenvalue weighted by atomic mass is 9.98. The van der Waals surface area contributed by atoms with E-state index >= 15 is 4.39 Å². The standard InChI is InChI=1S/C18H25ClFN3O6/c1-9(2)15(24)27-8-18(7-19)13(28-16(25)10(3)4)12(20)14(29-18)23-6-5-11(21)22-17(23)26/h5-6,9-10,12-14H,7-8H2,1-4H3,(H2,21,22,26)/t12-,13+,14-,18-/m1/s1. The molecule has 0 unspecified atom stereocenters. The van der Waals surface area contributed by atoms with Crippen molar-refractivity contribution in [3.8, 4) is 0 Å². The van der Waals surface area contributed by atoms with Crippen molar-refractivity contribution in [3.05, 3.63) is 22.7 Å². The van der Waals surface area contributed by atoms with Crippen molar-refractivity contribution < 1.29 is 28.2 Å². The van der Waals surface area contributed by atoms with E-state index in [4.69, 9.17) is 31.5 Å². The molecule has 1 saturated heterocycles. The maximum absolute atomic E-state index is 15.4. The van der Waals surface area contributed by atoms with E-state index in [1.807, 2.05) is 0 Å². The Bertz CT molecular complexity index is 817. The minimum atomic E-state index is -1.97. The molecule has 1 aromatic heterocycles. The van der Waals surface area contributed by atoms with Crippen LogP contribution < -0.4 is 11.4 Å². The van der Waals surface area contributed by atoms with E-state index in [-0.39, 0.29) is 11.7 Å². The summed E-state index contributed by atoms with van der Waals surface area (Å²) in [7, 11) is 0. The van der Waals surface area contributed by atoms with Crippen molar-refractivity contribution in [2.75, 3.05) is 18.2 Å². The average Bonchev–Trinajstić information content (AvgIpc) is 2.92. The molecular weight excluding hydrogens is 409 g/mol. The maximum Gasteiger partial charge on any atom is 0.351 e. The molecule has 1 aliphatic heterocycles. The summed E-state index contributed by atoms with van der Waals surface area (Å²) in [5.74, 6) is -2.64. The molecule has 4 atom stereocenters. The molecule has 11 heteroatoms. The van der Waals surface area contributed by atoms with Gasteiger partial charge < -0.3 is 19.9 Å². The van der Waals surface area contributed by atoms with Gasteiger partial charge in [-0.05, 0) is 6.07 Å². The topological polar surface area (TPSA) is 123 Å². The number of anilines is 1. The first kappa shape index (κ1) is 23.1. The Morgan fingerprint density at radius 2 is 1.97 bits per heavy atom. The highest BCUT2D eigenvalue weighted by Gasteiger charge is 2.59. The number of hydrogen-bond donors (Lipinski definition) is 1. The third kappa shape index (κ3) is 4.87. The van der Waals surface area contributed by atoms with Gasteiger partial charge in [-0.15, -0.1) is 11.6 Å². The predicted molar refractivity (Wildman–Crippen MR) is 102 cm³/mol. The molecule has 2 N–H and O–H groups in total. The number of nitrogens with two attached hydrogens (primary N) is 1. The number of carbonyl (C=O) groups excluding carboxylic acids is 2. The van der Waals surface area contributed by atoms with Crippen LogP contribution in [0.15, 0.2) is 17.1 Å². The van der Waals surface area contributed by atoms with Crippen LogP contribution in [0.25, 0.3) is 0 Å². The van der Waals surface area contributed by atoms with Crippen LogP contribution in [-0.2, 0) is 23.8 Å². The smallest absolute Gasteiger partial charge is 0.351 e. The number of hydrogen-bond acceptors (Lipinski definition) is 8. The molecule has 0 bridgehead atoms. The number of carbonyl (C=O) groups is 2. The highest BCUT2D eigenvalue weighted by molar-refractivity contribution is 6.18. The first-order chi connectivity index (χ1) is 13.5. The molecule has 0 aromatic carbocycles. The van der Waals surface area contributed by atoms with Gasteiger partial charge in [0.05, 0.1) is 17.7 Å². The Balaban J connectivity index is 2.42. The SMILES string of the molecule is CC(C)C(=O)OC[C@@]1(CCl)O[C@@H](n2ccc(N)nc2=O)[C@H](F)[C@@H]1OC(=O)C(C)C. The van der Waals surface area contributed by atoms with E-state index in [0.29, 0.717) is 0 Å².